The van der Waals surface area contributed by atoms with Gasteiger partial charge in [-0.15, -0.1) is 0 Å². The van der Waals surface area contributed by atoms with Crippen molar-refractivity contribution >= 4 is 12.3 Å². The number of hydrogen-bond donors (Lipinski definition) is 3. The molecular weight excluding hydrogens is 628 g/mol. The van der Waals surface area contributed by atoms with E-state index in [9.17, 15) is 9.59 Å². The van der Waals surface area contributed by atoms with Crippen molar-refractivity contribution in [3.8, 4) is 0 Å². The maximum atomic E-state index is 11.5. The lowest BCUT2D eigenvalue weighted by Gasteiger charge is -2.09. The Kier molecular flexibility index (Phi) is 41.0. The van der Waals surface area contributed by atoms with Gasteiger partial charge in [-0.3, -0.25) is 9.59 Å². The highest BCUT2D eigenvalue weighted by Gasteiger charge is 2.00. The van der Waals surface area contributed by atoms with Crippen LogP contribution in [0.2, 0.25) is 0 Å². The van der Waals surface area contributed by atoms with Crippen LogP contribution < -0.4 is 10.6 Å². The minimum absolute atomic E-state index is 0.0195. The van der Waals surface area contributed by atoms with E-state index >= 15 is 0 Å². The van der Waals surface area contributed by atoms with Crippen LogP contribution in [-0.4, -0.2) is 196 Å². The molecule has 0 atom stereocenters. The molecule has 0 heterocycles. The van der Waals surface area contributed by atoms with Gasteiger partial charge in [0.25, 0.3) is 0 Å². The highest BCUT2D eigenvalue weighted by Crippen LogP contribution is 1.88. The van der Waals surface area contributed by atoms with Crippen molar-refractivity contribution in [3.63, 3.8) is 0 Å². The fourth-order valence-electron chi connectivity index (χ4n) is 3.17. The lowest BCUT2D eigenvalue weighted by Crippen LogP contribution is -2.31. The molecule has 2 amide bonds. The molecule has 0 fully saturated rings. The van der Waals surface area contributed by atoms with Gasteiger partial charge in [0.2, 0.25) is 12.3 Å². The number of ether oxygens (including phenoxy) is 12. The molecule has 0 bridgehead atoms. The van der Waals surface area contributed by atoms with Gasteiger partial charge in [0.15, 0.2) is 0 Å². The van der Waals surface area contributed by atoms with Crippen LogP contribution in [0.3, 0.4) is 0 Å². The van der Waals surface area contributed by atoms with E-state index in [0.717, 1.165) is 0 Å². The molecule has 0 aromatic rings. The summed E-state index contributed by atoms with van der Waals surface area (Å²) < 4.78 is 64.7. The third kappa shape index (κ3) is 42.4. The van der Waals surface area contributed by atoms with Crippen molar-refractivity contribution in [1.82, 2.24) is 10.6 Å². The van der Waals surface area contributed by atoms with Crippen LogP contribution >= 0.6 is 0 Å². The van der Waals surface area contributed by atoms with E-state index in [-0.39, 0.29) is 18.9 Å². The van der Waals surface area contributed by atoms with E-state index in [0.29, 0.717) is 178 Å². The molecule has 0 spiro atoms. The van der Waals surface area contributed by atoms with E-state index in [4.69, 9.17) is 61.9 Å². The first-order chi connectivity index (χ1) is 23.3. The first-order valence-electron chi connectivity index (χ1n) is 16.3. The smallest absolute Gasteiger partial charge is 0.222 e. The Hall–Kier alpha value is -1.58. The standard InChI is InChI=1S/C30H60N2O15/c33-4-6-37-8-10-39-12-14-41-16-18-43-20-22-45-24-26-47-28-27-46-25-23-44-21-19-42-17-15-40-13-11-38-9-7-36-5-1-30(35)32-3-2-31-29-34/h29,33H,1-28H2,(H,31,34)(H,32,35). The average molecular weight is 689 g/mol. The van der Waals surface area contributed by atoms with Gasteiger partial charge < -0.3 is 72.6 Å². The van der Waals surface area contributed by atoms with Crippen molar-refractivity contribution in [1.29, 1.82) is 0 Å². The van der Waals surface area contributed by atoms with Crippen LogP contribution in [0.4, 0.5) is 0 Å². The molecule has 17 nitrogen and oxygen atoms in total. The monoisotopic (exact) mass is 688 g/mol. The number of nitrogens with one attached hydrogen (secondary N) is 2. The molecule has 0 aliphatic rings. The van der Waals surface area contributed by atoms with E-state index in [1.54, 1.807) is 0 Å². The van der Waals surface area contributed by atoms with Gasteiger partial charge in [0, 0.05) is 19.5 Å². The zero-order valence-electron chi connectivity index (χ0n) is 28.0. The number of rotatable bonds is 42. The lowest BCUT2D eigenvalue weighted by atomic mass is 10.4. The average Bonchev–Trinajstić information content (AvgIpc) is 3.08. The largest absolute Gasteiger partial charge is 0.394 e. The molecule has 280 valence electrons. The van der Waals surface area contributed by atoms with Gasteiger partial charge in [0.05, 0.1) is 165 Å². The number of carbonyl (C=O) groups is 2. The Morgan fingerprint density at radius 1 is 0.404 bits per heavy atom. The van der Waals surface area contributed by atoms with E-state index in [2.05, 4.69) is 10.6 Å². The maximum absolute atomic E-state index is 11.5. The Morgan fingerprint density at radius 3 is 0.915 bits per heavy atom. The second kappa shape index (κ2) is 42.4. The van der Waals surface area contributed by atoms with Gasteiger partial charge in [-0.1, -0.05) is 0 Å². The Balaban J connectivity index is 3.08. The molecule has 0 aliphatic carbocycles. The summed E-state index contributed by atoms with van der Waals surface area (Å²) in [7, 11) is 0. The summed E-state index contributed by atoms with van der Waals surface area (Å²) in [6.45, 7) is 11.9. The van der Waals surface area contributed by atoms with Crippen LogP contribution in [0.25, 0.3) is 0 Å². The van der Waals surface area contributed by atoms with Gasteiger partial charge in [-0.05, 0) is 0 Å². The summed E-state index contributed by atoms with van der Waals surface area (Å²) in [6, 6.07) is 0. The molecule has 0 unspecified atom stereocenters. The number of hydrogen-bond acceptors (Lipinski definition) is 15. The molecule has 0 radical (unpaired) electrons. The second-order valence-electron chi connectivity index (χ2n) is 9.24. The lowest BCUT2D eigenvalue weighted by molar-refractivity contribution is -0.122. The Bertz CT molecular complexity index is 626. The zero-order valence-corrected chi connectivity index (χ0v) is 28.0. The van der Waals surface area contributed by atoms with Crippen LogP contribution in [0.15, 0.2) is 0 Å². The third-order valence-corrected chi connectivity index (χ3v) is 5.48. The fraction of sp³-hybridized carbons (Fsp3) is 0.933. The predicted octanol–water partition coefficient (Wildman–Crippen LogP) is -1.57. The summed E-state index contributed by atoms with van der Waals surface area (Å²) in [5.74, 6) is -0.123. The number of carbonyl (C=O) groups excluding carboxylic acids is 2. The molecule has 3 N–H and O–H groups in total. The Labute approximate surface area is 279 Å². The van der Waals surface area contributed by atoms with E-state index in [1.807, 2.05) is 0 Å². The minimum atomic E-state index is -0.123. The number of amides is 2. The molecule has 17 heteroatoms. The zero-order chi connectivity index (χ0) is 34.0. The summed E-state index contributed by atoms with van der Waals surface area (Å²) in [5, 5.41) is 13.7. The first-order valence-corrected chi connectivity index (χ1v) is 16.3. The van der Waals surface area contributed by atoms with Gasteiger partial charge >= 0.3 is 0 Å². The van der Waals surface area contributed by atoms with Crippen LogP contribution in [0.5, 0.6) is 0 Å². The summed E-state index contributed by atoms with van der Waals surface area (Å²) in [5.41, 5.74) is 0. The summed E-state index contributed by atoms with van der Waals surface area (Å²) in [6.07, 6.45) is 0.852. The van der Waals surface area contributed by atoms with Gasteiger partial charge in [0.1, 0.15) is 0 Å². The molecule has 47 heavy (non-hydrogen) atoms. The van der Waals surface area contributed by atoms with E-state index in [1.165, 1.54) is 0 Å². The quantitative estimate of drug-likeness (QED) is 0.0493. The topological polar surface area (TPSA) is 189 Å². The molecular formula is C30H60N2O15. The van der Waals surface area contributed by atoms with Crippen LogP contribution in [0, 0.1) is 0 Å². The fourth-order valence-corrected chi connectivity index (χ4v) is 3.17. The summed E-state index contributed by atoms with van der Waals surface area (Å²) >= 11 is 0. The van der Waals surface area contributed by atoms with Crippen molar-refractivity contribution in [2.75, 3.05) is 178 Å². The number of aliphatic hydroxyl groups is 1. The highest BCUT2D eigenvalue weighted by molar-refractivity contribution is 5.75. The molecule has 0 saturated carbocycles. The first kappa shape index (κ1) is 45.4. The molecule has 0 aromatic carbocycles. The molecule has 0 aliphatic heterocycles. The van der Waals surface area contributed by atoms with Gasteiger partial charge in [-0.25, -0.2) is 0 Å². The molecule has 0 saturated heterocycles. The number of aliphatic hydroxyl groups excluding tert-OH is 1. The predicted molar refractivity (Wildman–Crippen MR) is 169 cm³/mol. The SMILES string of the molecule is O=CNCCNC(=O)CCOCCOCCOCCOCCOCCOCCOCCOCCOCCOCCOCCOCCO. The third-order valence-electron chi connectivity index (χ3n) is 5.48. The Morgan fingerprint density at radius 2 is 0.660 bits per heavy atom. The normalized spacial score (nSPS) is 11.3. The molecule has 0 aromatic heterocycles. The second-order valence-corrected chi connectivity index (χ2v) is 9.24. The summed E-state index contributed by atoms with van der Waals surface area (Å²) in [4.78, 5) is 21.6. The molecule has 0 rings (SSSR count). The van der Waals surface area contributed by atoms with Crippen molar-refractivity contribution in [2.45, 2.75) is 6.42 Å². The van der Waals surface area contributed by atoms with Crippen molar-refractivity contribution in [2.24, 2.45) is 0 Å². The maximum Gasteiger partial charge on any atom is 0.222 e. The van der Waals surface area contributed by atoms with Crippen molar-refractivity contribution < 1.29 is 71.5 Å². The minimum Gasteiger partial charge on any atom is -0.394 e. The van der Waals surface area contributed by atoms with Crippen LogP contribution in [-0.2, 0) is 66.4 Å². The van der Waals surface area contributed by atoms with E-state index < -0.39 is 0 Å². The van der Waals surface area contributed by atoms with Crippen LogP contribution in [0.1, 0.15) is 6.42 Å². The van der Waals surface area contributed by atoms with Gasteiger partial charge in [-0.2, -0.15) is 0 Å². The van der Waals surface area contributed by atoms with Crippen molar-refractivity contribution in [3.05, 3.63) is 0 Å². The highest BCUT2D eigenvalue weighted by atomic mass is 16.6.